The van der Waals surface area contributed by atoms with Crippen LogP contribution < -0.4 is 10.6 Å². The van der Waals surface area contributed by atoms with Crippen molar-refractivity contribution < 1.29 is 144 Å². The summed E-state index contributed by atoms with van der Waals surface area (Å²) >= 11 is 0. The molecule has 5 saturated heterocycles. The van der Waals surface area contributed by atoms with E-state index in [1.54, 1.807) is 0 Å². The summed E-state index contributed by atoms with van der Waals surface area (Å²) in [4.78, 5) is 38.3. The lowest BCUT2D eigenvalue weighted by Gasteiger charge is -2.52. The molecule has 0 spiro atoms. The second kappa shape index (κ2) is 23.8. The zero-order valence-electron chi connectivity index (χ0n) is 36.2. The van der Waals surface area contributed by atoms with Crippen LogP contribution in [0, 0.1) is 0 Å². The van der Waals surface area contributed by atoms with E-state index in [0.29, 0.717) is 0 Å². The van der Waals surface area contributed by atoms with Gasteiger partial charge >= 0.3 is 5.97 Å². The highest BCUT2D eigenvalue weighted by atomic mass is 16.8. The molecule has 0 aromatic carbocycles. The number of hydrogen-bond acceptors (Lipinski definition) is 28. The van der Waals surface area contributed by atoms with E-state index in [2.05, 4.69) is 10.6 Å². The standard InChI is InChI=1S/C37H62N2O29/c1-9(45)38-17-11(47)3-37(36(58)59,67-30(17)19(49)12(48)4-40)68-31-26(56)35(64-27-15(7-43)60-32(57)24(54)23(27)53)63-16(8-44)28(31)65-33-18(39-10(2)46)29(21(51)14(6-42)61-33)66-34-25(55)22(52)20(50)13(5-41)62-34/h11-35,40-44,47-57H,3-8H2,1-2H3,(H,38,45)(H,39,46)(H,58,59)/t11-,12+,13+,14+,15+,16+,17+,18+,19-,20-,21-,22-,23+,24+,25+,26+,27+,28-,29+,30-,31-,32+,33?,34-,35-,37-/m0/s1. The van der Waals surface area contributed by atoms with Crippen molar-refractivity contribution in [1.82, 2.24) is 10.6 Å². The number of carboxylic acids is 1. The van der Waals surface area contributed by atoms with E-state index in [-0.39, 0.29) is 0 Å². The molecule has 31 heteroatoms. The zero-order chi connectivity index (χ0) is 50.7. The predicted octanol–water partition coefficient (Wildman–Crippen LogP) is -12.4. The smallest absolute Gasteiger partial charge is 0.364 e. The van der Waals surface area contributed by atoms with Gasteiger partial charge in [-0.05, 0) is 0 Å². The van der Waals surface area contributed by atoms with Crippen LogP contribution in [0.2, 0.25) is 0 Å². The molecule has 0 aromatic heterocycles. The maximum absolute atomic E-state index is 13.4. The number of ether oxygens (including phenoxy) is 9. The van der Waals surface area contributed by atoms with Gasteiger partial charge in [-0.3, -0.25) is 9.59 Å². The summed E-state index contributed by atoms with van der Waals surface area (Å²) in [6, 6.07) is -3.59. The molecule has 5 aliphatic heterocycles. The number of aliphatic hydroxyl groups excluding tert-OH is 16. The molecular weight excluding hydrogens is 936 g/mol. The Morgan fingerprint density at radius 1 is 0.574 bits per heavy atom. The van der Waals surface area contributed by atoms with Crippen LogP contribution in [0.3, 0.4) is 0 Å². The molecule has 0 bridgehead atoms. The van der Waals surface area contributed by atoms with Crippen LogP contribution in [0.25, 0.3) is 0 Å². The molecule has 0 saturated carbocycles. The molecule has 0 aromatic rings. The fourth-order valence-corrected chi connectivity index (χ4v) is 8.53. The fourth-order valence-electron chi connectivity index (χ4n) is 8.53. The Labute approximate surface area is 384 Å². The number of aliphatic carboxylic acids is 1. The van der Waals surface area contributed by atoms with Gasteiger partial charge < -0.3 is 140 Å². The molecule has 5 fully saturated rings. The minimum absolute atomic E-state index is 0.856. The number of amides is 2. The summed E-state index contributed by atoms with van der Waals surface area (Å²) in [5.41, 5.74) is 0. The summed E-state index contributed by atoms with van der Waals surface area (Å²) < 4.78 is 51.6. The Morgan fingerprint density at radius 3 is 1.63 bits per heavy atom. The number of aliphatic hydroxyl groups is 16. The van der Waals surface area contributed by atoms with Gasteiger partial charge in [-0.1, -0.05) is 0 Å². The zero-order valence-corrected chi connectivity index (χ0v) is 36.2. The lowest BCUT2D eigenvalue weighted by Crippen LogP contribution is -2.72. The quantitative estimate of drug-likeness (QED) is 0.0606. The first-order chi connectivity index (χ1) is 32.0. The van der Waals surface area contributed by atoms with Crippen LogP contribution in [0.5, 0.6) is 0 Å². The number of carboxylic acid groups (broad SMARTS) is 1. The molecule has 26 atom stereocenters. The highest BCUT2D eigenvalue weighted by Crippen LogP contribution is 2.40. The lowest BCUT2D eigenvalue weighted by molar-refractivity contribution is -0.402. The molecule has 5 heterocycles. The van der Waals surface area contributed by atoms with Gasteiger partial charge in [0.25, 0.3) is 5.79 Å². The van der Waals surface area contributed by atoms with Gasteiger partial charge in [0.15, 0.2) is 25.2 Å². The van der Waals surface area contributed by atoms with Crippen molar-refractivity contribution >= 4 is 17.8 Å². The van der Waals surface area contributed by atoms with Crippen LogP contribution in [0.15, 0.2) is 0 Å². The summed E-state index contributed by atoms with van der Waals surface area (Å²) in [7, 11) is 0. The van der Waals surface area contributed by atoms with E-state index < -0.39 is 216 Å². The van der Waals surface area contributed by atoms with Crippen molar-refractivity contribution in [3.63, 3.8) is 0 Å². The Bertz CT molecular complexity index is 1650. The van der Waals surface area contributed by atoms with Crippen molar-refractivity contribution in [2.24, 2.45) is 0 Å². The van der Waals surface area contributed by atoms with Gasteiger partial charge in [0, 0.05) is 20.3 Å². The van der Waals surface area contributed by atoms with Crippen molar-refractivity contribution in [2.45, 2.75) is 179 Å². The van der Waals surface area contributed by atoms with Crippen molar-refractivity contribution in [2.75, 3.05) is 33.0 Å². The van der Waals surface area contributed by atoms with Gasteiger partial charge in [-0.25, -0.2) is 4.79 Å². The summed E-state index contributed by atoms with van der Waals surface area (Å²) in [5, 5.41) is 185. The summed E-state index contributed by atoms with van der Waals surface area (Å²) in [5.74, 6) is -7.24. The molecule has 0 radical (unpaired) electrons. The van der Waals surface area contributed by atoms with Crippen molar-refractivity contribution in [3.8, 4) is 0 Å². The Kier molecular flexibility index (Phi) is 19.7. The topological polar surface area (TPSA) is 502 Å². The third-order valence-electron chi connectivity index (χ3n) is 12.1. The van der Waals surface area contributed by atoms with Crippen LogP contribution in [0.4, 0.5) is 0 Å². The van der Waals surface area contributed by atoms with E-state index in [4.69, 9.17) is 42.6 Å². The van der Waals surface area contributed by atoms with Gasteiger partial charge in [-0.15, -0.1) is 0 Å². The van der Waals surface area contributed by atoms with Gasteiger partial charge in [0.1, 0.15) is 116 Å². The average molecular weight is 999 g/mol. The van der Waals surface area contributed by atoms with E-state index in [9.17, 15) is 101 Å². The molecule has 5 rings (SSSR count). The maximum atomic E-state index is 13.4. The molecule has 31 nitrogen and oxygen atoms in total. The molecule has 0 aliphatic carbocycles. The summed E-state index contributed by atoms with van der Waals surface area (Å²) in [6.45, 7) is -3.48. The molecule has 394 valence electrons. The number of nitrogens with one attached hydrogen (secondary N) is 2. The fraction of sp³-hybridized carbons (Fsp3) is 0.919. The second-order valence-electron chi connectivity index (χ2n) is 16.8. The number of carbonyl (C=O) groups excluding carboxylic acids is 2. The third kappa shape index (κ3) is 11.8. The predicted molar refractivity (Wildman–Crippen MR) is 207 cm³/mol. The van der Waals surface area contributed by atoms with E-state index >= 15 is 0 Å². The van der Waals surface area contributed by atoms with Gasteiger partial charge in [0.2, 0.25) is 11.8 Å². The Morgan fingerprint density at radius 2 is 1.07 bits per heavy atom. The second-order valence-corrected chi connectivity index (χ2v) is 16.8. The maximum Gasteiger partial charge on any atom is 0.364 e. The highest BCUT2D eigenvalue weighted by Gasteiger charge is 2.62. The first-order valence-corrected chi connectivity index (χ1v) is 21.2. The molecule has 5 aliphatic rings. The molecule has 2 amide bonds. The first kappa shape index (κ1) is 56.3. The van der Waals surface area contributed by atoms with E-state index in [1.165, 1.54) is 0 Å². The number of hydrogen-bond donors (Lipinski definition) is 19. The van der Waals surface area contributed by atoms with Crippen LogP contribution in [-0.4, -0.2) is 297 Å². The minimum Gasteiger partial charge on any atom is -0.477 e. The van der Waals surface area contributed by atoms with Crippen LogP contribution >= 0.6 is 0 Å². The minimum atomic E-state index is -3.32. The van der Waals surface area contributed by atoms with Crippen molar-refractivity contribution in [1.29, 1.82) is 0 Å². The normalized spacial score (nSPS) is 46.6. The molecule has 68 heavy (non-hydrogen) atoms. The first-order valence-electron chi connectivity index (χ1n) is 21.2. The molecular formula is C37H62N2O29. The highest BCUT2D eigenvalue weighted by molar-refractivity contribution is 5.76. The average Bonchev–Trinajstić information content (AvgIpc) is 3.29. The van der Waals surface area contributed by atoms with Crippen LogP contribution in [-0.2, 0) is 57.0 Å². The van der Waals surface area contributed by atoms with E-state index in [1.807, 2.05) is 0 Å². The molecule has 1 unspecified atom stereocenters. The van der Waals surface area contributed by atoms with Crippen molar-refractivity contribution in [3.05, 3.63) is 0 Å². The monoisotopic (exact) mass is 998 g/mol. The number of rotatable bonds is 18. The van der Waals surface area contributed by atoms with Gasteiger partial charge in [-0.2, -0.15) is 0 Å². The summed E-state index contributed by atoms with van der Waals surface area (Å²) in [6.07, 6.45) is -48.5. The third-order valence-corrected chi connectivity index (χ3v) is 12.1. The van der Waals surface area contributed by atoms with Gasteiger partial charge in [0.05, 0.1) is 45.2 Å². The Hall–Kier alpha value is -2.59. The molecule has 19 N–H and O–H groups in total. The largest absolute Gasteiger partial charge is 0.477 e. The SMILES string of the molecule is CC(=O)N[C@H]1[C@@H]([C@@H](O)[C@H](O)CO)O[C@@](O[C@H]2[C@@H](O)[C@H](O[C@H]3[C@H](O)[C@@H](O)[C@H](O)O[C@@H]3CO)O[C@H](CO)[C@@H]2OC2O[C@H](CO)[C@H](O)[C@H](O[C@@H]3O[C@H](CO)[C@H](O)[C@H](O)[C@H]3O)[C@H]2NC(C)=O)(C(=O)O)C[C@@H]1O. The Balaban J connectivity index is 1.61. The van der Waals surface area contributed by atoms with Crippen LogP contribution in [0.1, 0.15) is 20.3 Å². The number of carbonyl (C=O) groups is 3. The van der Waals surface area contributed by atoms with E-state index in [0.717, 1.165) is 13.8 Å². The lowest BCUT2D eigenvalue weighted by atomic mass is 9.88.